The van der Waals surface area contributed by atoms with Gasteiger partial charge in [-0.25, -0.2) is 9.37 Å². The summed E-state index contributed by atoms with van der Waals surface area (Å²) in [5.74, 6) is -0.856. The van der Waals surface area contributed by atoms with Gasteiger partial charge in [0, 0.05) is 16.4 Å². The molecule has 100 valence electrons. The summed E-state index contributed by atoms with van der Waals surface area (Å²) in [5.41, 5.74) is 2.72. The van der Waals surface area contributed by atoms with E-state index < -0.39 is 5.82 Å². The van der Waals surface area contributed by atoms with Crippen LogP contribution in [0.5, 0.6) is 0 Å². The quantitative estimate of drug-likeness (QED) is 0.853. The van der Waals surface area contributed by atoms with Gasteiger partial charge in [0.15, 0.2) is 0 Å². The number of benzene rings is 1. The first-order valence-corrected chi connectivity index (χ1v) is 7.26. The SMILES string of the molecule is Cc1ncsc1CN(C)C(=O)c1ccc(Br)cc1F. The second kappa shape index (κ2) is 5.79. The van der Waals surface area contributed by atoms with E-state index in [9.17, 15) is 9.18 Å². The molecule has 2 rings (SSSR count). The number of aryl methyl sites for hydroxylation is 1. The molecule has 0 spiro atoms. The molecule has 1 aromatic carbocycles. The van der Waals surface area contributed by atoms with Crippen molar-refractivity contribution in [3.8, 4) is 0 Å². The van der Waals surface area contributed by atoms with Gasteiger partial charge >= 0.3 is 0 Å². The Balaban J connectivity index is 2.17. The number of carbonyl (C=O) groups excluding carboxylic acids is 1. The van der Waals surface area contributed by atoms with Crippen LogP contribution >= 0.6 is 27.3 Å². The fourth-order valence-corrected chi connectivity index (χ4v) is 2.80. The Morgan fingerprint density at radius 2 is 2.26 bits per heavy atom. The minimum absolute atomic E-state index is 0.0767. The van der Waals surface area contributed by atoms with Crippen LogP contribution in [0.1, 0.15) is 20.9 Å². The minimum atomic E-state index is -0.521. The molecule has 19 heavy (non-hydrogen) atoms. The van der Waals surface area contributed by atoms with Gasteiger partial charge in [-0.3, -0.25) is 4.79 Å². The van der Waals surface area contributed by atoms with Crippen LogP contribution in [-0.2, 0) is 6.54 Å². The number of thiazole rings is 1. The van der Waals surface area contributed by atoms with Gasteiger partial charge in [-0.15, -0.1) is 11.3 Å². The summed E-state index contributed by atoms with van der Waals surface area (Å²) < 4.78 is 14.3. The summed E-state index contributed by atoms with van der Waals surface area (Å²) in [7, 11) is 1.66. The molecule has 0 aliphatic heterocycles. The van der Waals surface area contributed by atoms with E-state index >= 15 is 0 Å². The molecule has 1 amide bonds. The van der Waals surface area contributed by atoms with Crippen molar-refractivity contribution in [2.45, 2.75) is 13.5 Å². The van der Waals surface area contributed by atoms with Crippen LogP contribution in [0.4, 0.5) is 4.39 Å². The van der Waals surface area contributed by atoms with Crippen LogP contribution in [-0.4, -0.2) is 22.8 Å². The van der Waals surface area contributed by atoms with Crippen molar-refractivity contribution in [2.75, 3.05) is 7.05 Å². The molecule has 0 fully saturated rings. The van der Waals surface area contributed by atoms with Gasteiger partial charge < -0.3 is 4.90 Å². The average Bonchev–Trinajstić information content (AvgIpc) is 2.74. The molecule has 0 unspecified atom stereocenters. The summed E-state index contributed by atoms with van der Waals surface area (Å²) in [6.07, 6.45) is 0. The summed E-state index contributed by atoms with van der Waals surface area (Å²) >= 11 is 4.66. The van der Waals surface area contributed by atoms with Gasteiger partial charge in [-0.05, 0) is 25.1 Å². The standard InChI is InChI=1S/C13H12BrFN2OS/c1-8-12(19-7-16-8)6-17(2)13(18)10-4-3-9(14)5-11(10)15/h3-5,7H,6H2,1-2H3. The number of nitrogens with zero attached hydrogens (tertiary/aromatic N) is 2. The third-order valence-corrected chi connectivity index (χ3v) is 4.15. The number of amides is 1. The maximum Gasteiger partial charge on any atom is 0.256 e. The van der Waals surface area contributed by atoms with Crippen LogP contribution in [0.2, 0.25) is 0 Å². The molecule has 6 heteroatoms. The van der Waals surface area contributed by atoms with E-state index in [4.69, 9.17) is 0 Å². The van der Waals surface area contributed by atoms with Gasteiger partial charge in [0.25, 0.3) is 5.91 Å². The lowest BCUT2D eigenvalue weighted by Gasteiger charge is -2.17. The van der Waals surface area contributed by atoms with Crippen molar-refractivity contribution >= 4 is 33.2 Å². The second-order valence-electron chi connectivity index (χ2n) is 4.15. The molecule has 0 bridgehead atoms. The van der Waals surface area contributed by atoms with Gasteiger partial charge in [0.1, 0.15) is 5.82 Å². The highest BCUT2D eigenvalue weighted by atomic mass is 79.9. The first-order chi connectivity index (χ1) is 8.99. The van der Waals surface area contributed by atoms with E-state index in [0.717, 1.165) is 10.6 Å². The third kappa shape index (κ3) is 3.19. The number of rotatable bonds is 3. The Bertz CT molecular complexity index is 614. The average molecular weight is 343 g/mol. The van der Waals surface area contributed by atoms with E-state index in [1.54, 1.807) is 18.6 Å². The lowest BCUT2D eigenvalue weighted by Crippen LogP contribution is -2.27. The maximum atomic E-state index is 13.7. The predicted octanol–water partition coefficient (Wildman–Crippen LogP) is 3.63. The molecular formula is C13H12BrFN2OS. The van der Waals surface area contributed by atoms with Crippen LogP contribution in [0.15, 0.2) is 28.2 Å². The first kappa shape index (κ1) is 14.1. The van der Waals surface area contributed by atoms with E-state index in [-0.39, 0.29) is 11.5 Å². The Morgan fingerprint density at radius 1 is 1.53 bits per heavy atom. The van der Waals surface area contributed by atoms with Crippen LogP contribution < -0.4 is 0 Å². The molecule has 1 heterocycles. The van der Waals surface area contributed by atoms with E-state index in [0.29, 0.717) is 11.0 Å². The molecule has 0 aliphatic rings. The molecule has 1 aromatic heterocycles. The monoisotopic (exact) mass is 342 g/mol. The number of hydrogen-bond donors (Lipinski definition) is 0. The molecule has 0 radical (unpaired) electrons. The zero-order valence-corrected chi connectivity index (χ0v) is 12.9. The summed E-state index contributed by atoms with van der Waals surface area (Å²) in [4.78, 5) is 18.8. The van der Waals surface area contributed by atoms with Crippen molar-refractivity contribution in [3.63, 3.8) is 0 Å². The molecule has 3 nitrogen and oxygen atoms in total. The van der Waals surface area contributed by atoms with Crippen molar-refractivity contribution in [3.05, 3.63) is 50.1 Å². The molecule has 0 aliphatic carbocycles. The van der Waals surface area contributed by atoms with Gasteiger partial charge in [0.2, 0.25) is 0 Å². The number of carbonyl (C=O) groups is 1. The topological polar surface area (TPSA) is 33.2 Å². The fourth-order valence-electron chi connectivity index (χ4n) is 1.63. The van der Waals surface area contributed by atoms with Crippen LogP contribution in [0.3, 0.4) is 0 Å². The van der Waals surface area contributed by atoms with Crippen molar-refractivity contribution in [1.29, 1.82) is 0 Å². The lowest BCUT2D eigenvalue weighted by molar-refractivity contribution is 0.0781. The van der Waals surface area contributed by atoms with Gasteiger partial charge in [0.05, 0.1) is 23.3 Å². The van der Waals surface area contributed by atoms with Crippen LogP contribution in [0.25, 0.3) is 0 Å². The number of hydrogen-bond acceptors (Lipinski definition) is 3. The van der Waals surface area contributed by atoms with Crippen molar-refractivity contribution in [1.82, 2.24) is 9.88 Å². The highest BCUT2D eigenvalue weighted by molar-refractivity contribution is 9.10. The molecular weight excluding hydrogens is 331 g/mol. The lowest BCUT2D eigenvalue weighted by atomic mass is 10.2. The fraction of sp³-hybridized carbons (Fsp3) is 0.231. The highest BCUT2D eigenvalue weighted by Crippen LogP contribution is 2.19. The van der Waals surface area contributed by atoms with Gasteiger partial charge in [-0.2, -0.15) is 0 Å². The van der Waals surface area contributed by atoms with E-state index in [2.05, 4.69) is 20.9 Å². The van der Waals surface area contributed by atoms with Crippen molar-refractivity contribution in [2.24, 2.45) is 0 Å². The maximum absolute atomic E-state index is 13.7. The molecule has 0 saturated heterocycles. The third-order valence-electron chi connectivity index (χ3n) is 2.73. The molecule has 2 aromatic rings. The Labute approximate surface area is 123 Å². The smallest absolute Gasteiger partial charge is 0.256 e. The summed E-state index contributed by atoms with van der Waals surface area (Å²) in [5, 5.41) is 0. The molecule has 0 saturated carbocycles. The largest absolute Gasteiger partial charge is 0.336 e. The second-order valence-corrected chi connectivity index (χ2v) is 6.00. The molecule has 0 N–H and O–H groups in total. The Kier molecular flexibility index (Phi) is 4.31. The van der Waals surface area contributed by atoms with Crippen molar-refractivity contribution < 1.29 is 9.18 Å². The van der Waals surface area contributed by atoms with E-state index in [1.165, 1.54) is 28.4 Å². The Morgan fingerprint density at radius 3 is 2.84 bits per heavy atom. The minimum Gasteiger partial charge on any atom is -0.336 e. The summed E-state index contributed by atoms with van der Waals surface area (Å²) in [6, 6.07) is 4.43. The number of aromatic nitrogens is 1. The zero-order chi connectivity index (χ0) is 14.0. The van der Waals surface area contributed by atoms with E-state index in [1.807, 2.05) is 6.92 Å². The summed E-state index contributed by atoms with van der Waals surface area (Å²) in [6.45, 7) is 2.33. The normalized spacial score (nSPS) is 10.5. The molecule has 0 atom stereocenters. The highest BCUT2D eigenvalue weighted by Gasteiger charge is 2.17. The number of halogens is 2. The van der Waals surface area contributed by atoms with Crippen LogP contribution in [0, 0.1) is 12.7 Å². The predicted molar refractivity (Wildman–Crippen MR) is 76.7 cm³/mol. The van der Waals surface area contributed by atoms with Gasteiger partial charge in [-0.1, -0.05) is 15.9 Å². The Hall–Kier alpha value is -1.27. The zero-order valence-electron chi connectivity index (χ0n) is 10.5. The first-order valence-electron chi connectivity index (χ1n) is 5.58.